The maximum Gasteiger partial charge on any atom is 0.159 e. The van der Waals surface area contributed by atoms with Gasteiger partial charge in [0.05, 0.1) is 6.10 Å². The van der Waals surface area contributed by atoms with Gasteiger partial charge in [-0.1, -0.05) is 0 Å². The van der Waals surface area contributed by atoms with Gasteiger partial charge in [-0.3, -0.25) is 4.79 Å². The van der Waals surface area contributed by atoms with E-state index in [1.54, 1.807) is 0 Å². The molecule has 0 aromatic carbocycles. The molecule has 0 saturated carbocycles. The molecule has 0 saturated heterocycles. The molecule has 3 nitrogen and oxygen atoms in total. The molecule has 0 amide bonds. The minimum atomic E-state index is 0.147. The van der Waals surface area contributed by atoms with Crippen LogP contribution in [0.3, 0.4) is 0 Å². The minimum absolute atomic E-state index is 0.147. The maximum absolute atomic E-state index is 10.9. The van der Waals surface area contributed by atoms with E-state index in [2.05, 4.69) is 5.32 Å². The van der Waals surface area contributed by atoms with E-state index in [1.165, 1.54) is 0 Å². The van der Waals surface area contributed by atoms with E-state index in [4.69, 9.17) is 4.74 Å². The number of nitrogens with one attached hydrogen (secondary N) is 1. The fourth-order valence-corrected chi connectivity index (χ4v) is 0.596. The Labute approximate surface area is 68.1 Å². The van der Waals surface area contributed by atoms with Gasteiger partial charge in [0.15, 0.2) is 5.78 Å². The van der Waals surface area contributed by atoms with E-state index < -0.39 is 0 Å². The molecule has 0 aliphatic carbocycles. The predicted octanol–water partition coefficient (Wildman–Crippen LogP) is 0.590. The molecule has 0 aromatic rings. The zero-order valence-corrected chi connectivity index (χ0v) is 7.52. The van der Waals surface area contributed by atoms with Crippen molar-refractivity contribution in [2.24, 2.45) is 0 Å². The lowest BCUT2D eigenvalue weighted by molar-refractivity contribution is -0.124. The minimum Gasteiger partial charge on any atom is -0.371 e. The highest BCUT2D eigenvalue weighted by molar-refractivity contribution is 5.79. The third kappa shape index (κ3) is 7.49. The summed E-state index contributed by atoms with van der Waals surface area (Å²) in [6.07, 6.45) is 0.706. The number of carbonyl (C=O) groups is 1. The molecule has 0 unspecified atom stereocenters. The van der Waals surface area contributed by atoms with Gasteiger partial charge in [-0.05, 0) is 20.9 Å². The molecule has 3 heteroatoms. The Hall–Kier alpha value is -0.410. The van der Waals surface area contributed by atoms with Crippen LogP contribution in [-0.2, 0) is 9.53 Å². The van der Waals surface area contributed by atoms with Crippen LogP contribution in [0, 0.1) is 0 Å². The Morgan fingerprint density at radius 3 is 2.64 bits per heavy atom. The van der Waals surface area contributed by atoms with Gasteiger partial charge in [0.2, 0.25) is 0 Å². The van der Waals surface area contributed by atoms with Crippen LogP contribution < -0.4 is 5.32 Å². The first-order valence-corrected chi connectivity index (χ1v) is 3.94. The molecule has 0 aliphatic heterocycles. The van der Waals surface area contributed by atoms with Crippen molar-refractivity contribution < 1.29 is 9.53 Å². The standard InChI is InChI=1S/C8H17NO2/c1-7(2)11-6-8(10)4-5-9-3/h7,9H,4-6H2,1-3H3. The highest BCUT2D eigenvalue weighted by atomic mass is 16.5. The summed E-state index contributed by atoms with van der Waals surface area (Å²) in [5.41, 5.74) is 0. The highest BCUT2D eigenvalue weighted by Crippen LogP contribution is 1.89. The summed E-state index contributed by atoms with van der Waals surface area (Å²) < 4.78 is 5.12. The van der Waals surface area contributed by atoms with Gasteiger partial charge in [0, 0.05) is 13.0 Å². The van der Waals surface area contributed by atoms with E-state index in [-0.39, 0.29) is 18.5 Å². The molecule has 66 valence electrons. The number of ketones is 1. The molecule has 0 fully saturated rings. The topological polar surface area (TPSA) is 38.3 Å². The Kier molecular flexibility index (Phi) is 6.07. The van der Waals surface area contributed by atoms with Gasteiger partial charge < -0.3 is 10.1 Å². The van der Waals surface area contributed by atoms with Crippen molar-refractivity contribution in [1.82, 2.24) is 5.32 Å². The molecular formula is C8H17NO2. The SMILES string of the molecule is CNCCC(=O)COC(C)C. The zero-order chi connectivity index (χ0) is 8.69. The molecule has 0 rings (SSSR count). The molecule has 0 bridgehead atoms. The van der Waals surface area contributed by atoms with Crippen LogP contribution in [-0.4, -0.2) is 32.1 Å². The summed E-state index contributed by atoms with van der Waals surface area (Å²) in [6, 6.07) is 0. The second-order valence-electron chi connectivity index (χ2n) is 2.75. The lowest BCUT2D eigenvalue weighted by Gasteiger charge is -2.05. The van der Waals surface area contributed by atoms with Crippen LogP contribution in [0.4, 0.5) is 0 Å². The molecule has 11 heavy (non-hydrogen) atoms. The van der Waals surface area contributed by atoms with E-state index in [1.807, 2.05) is 20.9 Å². The van der Waals surface area contributed by atoms with Crippen molar-refractivity contribution in [1.29, 1.82) is 0 Å². The number of ether oxygens (including phenoxy) is 1. The number of hydrogen-bond acceptors (Lipinski definition) is 3. The predicted molar refractivity (Wildman–Crippen MR) is 44.6 cm³/mol. The molecule has 0 atom stereocenters. The third-order valence-electron chi connectivity index (χ3n) is 1.23. The van der Waals surface area contributed by atoms with Crippen molar-refractivity contribution in [3.8, 4) is 0 Å². The maximum atomic E-state index is 10.9. The van der Waals surface area contributed by atoms with Crippen molar-refractivity contribution >= 4 is 5.78 Å². The monoisotopic (exact) mass is 159 g/mol. The smallest absolute Gasteiger partial charge is 0.159 e. The molecule has 0 aromatic heterocycles. The summed E-state index contributed by atoms with van der Waals surface area (Å²) in [7, 11) is 1.83. The summed E-state index contributed by atoms with van der Waals surface area (Å²) in [5, 5.41) is 2.91. The lowest BCUT2D eigenvalue weighted by Crippen LogP contribution is -2.18. The number of Topliss-reactive ketones (excluding diaryl/α,β-unsaturated/α-hetero) is 1. The van der Waals surface area contributed by atoms with Crippen LogP contribution in [0.25, 0.3) is 0 Å². The number of hydrogen-bond donors (Lipinski definition) is 1. The van der Waals surface area contributed by atoms with E-state index in [9.17, 15) is 4.79 Å². The summed E-state index contributed by atoms with van der Waals surface area (Å²) in [6.45, 7) is 4.83. The molecular weight excluding hydrogens is 142 g/mol. The Bertz CT molecular complexity index is 113. The van der Waals surface area contributed by atoms with Gasteiger partial charge >= 0.3 is 0 Å². The van der Waals surface area contributed by atoms with Crippen LogP contribution in [0.5, 0.6) is 0 Å². The fourth-order valence-electron chi connectivity index (χ4n) is 0.596. The van der Waals surface area contributed by atoms with Crippen LogP contribution in [0.2, 0.25) is 0 Å². The van der Waals surface area contributed by atoms with Gasteiger partial charge in [-0.25, -0.2) is 0 Å². The van der Waals surface area contributed by atoms with Gasteiger partial charge in [-0.2, -0.15) is 0 Å². The molecule has 0 aliphatic rings. The first-order valence-electron chi connectivity index (χ1n) is 3.94. The van der Waals surface area contributed by atoms with Crippen LogP contribution in [0.15, 0.2) is 0 Å². The van der Waals surface area contributed by atoms with E-state index in [0.717, 1.165) is 6.54 Å². The average molecular weight is 159 g/mol. The van der Waals surface area contributed by atoms with Gasteiger partial charge in [0.25, 0.3) is 0 Å². The number of rotatable bonds is 6. The first kappa shape index (κ1) is 10.6. The first-order chi connectivity index (χ1) is 5.16. The van der Waals surface area contributed by atoms with Crippen molar-refractivity contribution in [2.45, 2.75) is 26.4 Å². The van der Waals surface area contributed by atoms with Gasteiger partial charge in [0.1, 0.15) is 6.61 Å². The molecule has 0 radical (unpaired) electrons. The second kappa shape index (κ2) is 6.31. The molecule has 0 heterocycles. The zero-order valence-electron chi connectivity index (χ0n) is 7.52. The number of carbonyl (C=O) groups excluding carboxylic acids is 1. The Morgan fingerprint density at radius 1 is 1.55 bits per heavy atom. The normalized spacial score (nSPS) is 10.5. The quantitative estimate of drug-likeness (QED) is 0.616. The van der Waals surface area contributed by atoms with Gasteiger partial charge in [-0.15, -0.1) is 0 Å². The van der Waals surface area contributed by atoms with Crippen LogP contribution >= 0.6 is 0 Å². The summed E-state index contributed by atoms with van der Waals surface area (Å²) >= 11 is 0. The fraction of sp³-hybridized carbons (Fsp3) is 0.875. The Balaban J connectivity index is 3.23. The average Bonchev–Trinajstić information content (AvgIpc) is 1.97. The lowest BCUT2D eigenvalue weighted by atomic mass is 10.3. The summed E-state index contributed by atoms with van der Waals surface area (Å²) in [4.78, 5) is 10.9. The second-order valence-corrected chi connectivity index (χ2v) is 2.75. The molecule has 1 N–H and O–H groups in total. The molecule has 0 spiro atoms. The van der Waals surface area contributed by atoms with E-state index >= 15 is 0 Å². The van der Waals surface area contributed by atoms with E-state index in [0.29, 0.717) is 6.42 Å². The highest BCUT2D eigenvalue weighted by Gasteiger charge is 2.01. The van der Waals surface area contributed by atoms with Crippen molar-refractivity contribution in [3.63, 3.8) is 0 Å². The Morgan fingerprint density at radius 2 is 2.18 bits per heavy atom. The van der Waals surface area contributed by atoms with Crippen LogP contribution in [0.1, 0.15) is 20.3 Å². The van der Waals surface area contributed by atoms with Crippen molar-refractivity contribution in [3.05, 3.63) is 0 Å². The third-order valence-corrected chi connectivity index (χ3v) is 1.23. The largest absolute Gasteiger partial charge is 0.371 e. The summed E-state index contributed by atoms with van der Waals surface area (Å²) in [5.74, 6) is 0.160. The van der Waals surface area contributed by atoms with Crippen molar-refractivity contribution in [2.75, 3.05) is 20.2 Å².